The topological polar surface area (TPSA) is 126 Å². The largest absolute Gasteiger partial charge is 0.453 e. The van der Waals surface area contributed by atoms with Crippen LogP contribution in [0.4, 0.5) is 10.5 Å². The maximum Gasteiger partial charge on any atom is 0.409 e. The fourth-order valence-corrected chi connectivity index (χ4v) is 4.50. The maximum atomic E-state index is 11.8. The van der Waals surface area contributed by atoms with Crippen molar-refractivity contribution < 1.29 is 9.53 Å². The minimum atomic E-state index is -0.292. The van der Waals surface area contributed by atoms with Gasteiger partial charge in [-0.15, -0.1) is 5.10 Å². The minimum Gasteiger partial charge on any atom is -0.453 e. The molecule has 11 nitrogen and oxygen atoms in total. The number of amides is 1. The monoisotopic (exact) mass is 485 g/mol. The molecule has 1 aliphatic heterocycles. The van der Waals surface area contributed by atoms with E-state index in [4.69, 9.17) is 15.0 Å². The Labute approximate surface area is 208 Å². The van der Waals surface area contributed by atoms with E-state index in [1.165, 1.54) is 7.11 Å². The van der Waals surface area contributed by atoms with Crippen LogP contribution in [-0.4, -0.2) is 66.8 Å². The third kappa shape index (κ3) is 4.45. The molecule has 184 valence electrons. The number of carbonyl (C=O) groups excluding carboxylic acids is 1. The number of likely N-dealkylation sites (tertiary alicyclic amines) is 1. The second-order valence-electron chi connectivity index (χ2n) is 9.10. The van der Waals surface area contributed by atoms with Crippen molar-refractivity contribution in [3.05, 3.63) is 48.4 Å². The lowest BCUT2D eigenvalue weighted by molar-refractivity contribution is 0.105. The van der Waals surface area contributed by atoms with Crippen molar-refractivity contribution >= 4 is 17.3 Å². The van der Waals surface area contributed by atoms with Gasteiger partial charge in [-0.25, -0.2) is 14.0 Å². The Morgan fingerprint density at radius 1 is 1.19 bits per heavy atom. The summed E-state index contributed by atoms with van der Waals surface area (Å²) in [4.78, 5) is 18.2. The van der Waals surface area contributed by atoms with Gasteiger partial charge < -0.3 is 15.0 Å². The number of pyridine rings is 1. The lowest BCUT2D eigenvalue weighted by Crippen LogP contribution is -2.39. The highest BCUT2D eigenvalue weighted by Gasteiger charge is 2.25. The third-order valence-corrected chi connectivity index (χ3v) is 6.30. The van der Waals surface area contributed by atoms with Gasteiger partial charge in [-0.2, -0.15) is 10.4 Å². The molecule has 0 unspecified atom stereocenters. The average molecular weight is 486 g/mol. The number of carbonyl (C=O) groups is 1. The van der Waals surface area contributed by atoms with Crippen LogP contribution in [-0.2, 0) is 4.74 Å². The average Bonchev–Trinajstić information content (AvgIpc) is 3.55. The zero-order valence-electron chi connectivity index (χ0n) is 20.4. The van der Waals surface area contributed by atoms with Crippen molar-refractivity contribution in [3.63, 3.8) is 0 Å². The molecule has 1 aliphatic rings. The highest BCUT2D eigenvalue weighted by molar-refractivity contribution is 5.79. The molecule has 0 spiro atoms. The first-order valence-corrected chi connectivity index (χ1v) is 11.9. The Kier molecular flexibility index (Phi) is 6.25. The number of nitriles is 1. The van der Waals surface area contributed by atoms with Gasteiger partial charge in [0.05, 0.1) is 48.0 Å². The summed E-state index contributed by atoms with van der Waals surface area (Å²) in [6, 6.07) is 10.1. The molecule has 1 saturated heterocycles. The normalized spacial score (nSPS) is 14.2. The number of fused-ring (bicyclic) bond motifs is 1. The summed E-state index contributed by atoms with van der Waals surface area (Å²) in [5.41, 5.74) is 5.39. The van der Waals surface area contributed by atoms with E-state index in [0.29, 0.717) is 18.7 Å². The molecule has 4 aromatic rings. The Morgan fingerprint density at radius 2 is 2.00 bits per heavy atom. The van der Waals surface area contributed by atoms with Crippen LogP contribution in [0.15, 0.2) is 42.9 Å². The number of anilines is 1. The first-order valence-electron chi connectivity index (χ1n) is 11.9. The predicted molar refractivity (Wildman–Crippen MR) is 133 cm³/mol. The van der Waals surface area contributed by atoms with Gasteiger partial charge in [-0.3, -0.25) is 4.98 Å². The number of methoxy groups -OCH3 is 1. The molecule has 0 bridgehead atoms. The van der Waals surface area contributed by atoms with Gasteiger partial charge in [0.2, 0.25) is 0 Å². The molecule has 1 N–H and O–H groups in total. The molecular formula is C25H27N9O2. The Balaban J connectivity index is 1.43. The standard InChI is InChI=1S/C25H27N9O2/c1-16(2)29-21-11-22(24-5-4-19-10-17(12-26)13-28-34(19)24)27-14-20(21)23-15-33(31-30-23)18-6-8-32(9-7-18)25(35)36-3/h4-5,10-11,13-16,18H,6-9H2,1-3H3,(H,27,29). The van der Waals surface area contributed by atoms with Crippen molar-refractivity contribution in [3.8, 4) is 28.7 Å². The summed E-state index contributed by atoms with van der Waals surface area (Å²) < 4.78 is 8.49. The predicted octanol–water partition coefficient (Wildman–Crippen LogP) is 3.75. The fraction of sp³-hybridized carbons (Fsp3) is 0.360. The number of aromatic nitrogens is 6. The molecular weight excluding hydrogens is 458 g/mol. The zero-order valence-corrected chi connectivity index (χ0v) is 20.4. The number of hydrogen-bond donors (Lipinski definition) is 1. The first-order chi connectivity index (χ1) is 17.5. The van der Waals surface area contributed by atoms with Gasteiger partial charge in [0.25, 0.3) is 0 Å². The van der Waals surface area contributed by atoms with Crippen molar-refractivity contribution in [1.29, 1.82) is 5.26 Å². The molecule has 11 heteroatoms. The number of nitrogens with zero attached hydrogens (tertiary/aromatic N) is 8. The SMILES string of the molecule is COC(=O)N1CCC(n2cc(-c3cnc(-c4ccc5cc(C#N)cnn45)cc3NC(C)C)nn2)CC1. The van der Waals surface area contributed by atoms with Crippen molar-refractivity contribution in [2.24, 2.45) is 0 Å². The van der Waals surface area contributed by atoms with Crippen LogP contribution in [0.5, 0.6) is 0 Å². The molecule has 0 saturated carbocycles. The molecule has 0 atom stereocenters. The highest BCUT2D eigenvalue weighted by atomic mass is 16.5. The smallest absolute Gasteiger partial charge is 0.409 e. The number of piperidine rings is 1. The maximum absolute atomic E-state index is 11.8. The van der Waals surface area contributed by atoms with Crippen LogP contribution in [0.2, 0.25) is 0 Å². The van der Waals surface area contributed by atoms with Crippen LogP contribution in [0, 0.1) is 11.3 Å². The molecule has 5 heterocycles. The summed E-state index contributed by atoms with van der Waals surface area (Å²) in [5.74, 6) is 0. The van der Waals surface area contributed by atoms with Crippen molar-refractivity contribution in [1.82, 2.24) is 34.5 Å². The molecule has 1 amide bonds. The molecule has 36 heavy (non-hydrogen) atoms. The number of rotatable bonds is 5. The van der Waals surface area contributed by atoms with Crippen molar-refractivity contribution in [2.75, 3.05) is 25.5 Å². The summed E-state index contributed by atoms with van der Waals surface area (Å²) in [7, 11) is 1.40. The van der Waals surface area contributed by atoms with E-state index < -0.39 is 0 Å². The van der Waals surface area contributed by atoms with Crippen LogP contribution in [0.1, 0.15) is 38.3 Å². The van der Waals surface area contributed by atoms with Crippen LogP contribution in [0.25, 0.3) is 28.2 Å². The van der Waals surface area contributed by atoms with E-state index in [2.05, 4.69) is 40.6 Å². The van der Waals surface area contributed by atoms with Gasteiger partial charge in [0.1, 0.15) is 11.8 Å². The summed E-state index contributed by atoms with van der Waals surface area (Å²) in [6.45, 7) is 5.40. The lowest BCUT2D eigenvalue weighted by atomic mass is 10.1. The third-order valence-electron chi connectivity index (χ3n) is 6.30. The molecule has 4 aromatic heterocycles. The van der Waals surface area contributed by atoms with Crippen LogP contribution >= 0.6 is 0 Å². The van der Waals surface area contributed by atoms with E-state index in [9.17, 15) is 4.79 Å². The van der Waals surface area contributed by atoms with Crippen molar-refractivity contribution in [2.45, 2.75) is 38.8 Å². The van der Waals surface area contributed by atoms with E-state index in [1.54, 1.807) is 27.9 Å². The lowest BCUT2D eigenvalue weighted by Gasteiger charge is -2.30. The second kappa shape index (κ2) is 9.65. The van der Waals surface area contributed by atoms with E-state index in [1.807, 2.05) is 29.1 Å². The van der Waals surface area contributed by atoms with E-state index in [0.717, 1.165) is 46.7 Å². The molecule has 0 radical (unpaired) electrons. The summed E-state index contributed by atoms with van der Waals surface area (Å²) in [5, 5.41) is 25.9. The first kappa shape index (κ1) is 23.3. The highest BCUT2D eigenvalue weighted by Crippen LogP contribution is 2.32. The Morgan fingerprint density at radius 3 is 2.72 bits per heavy atom. The summed E-state index contributed by atoms with van der Waals surface area (Å²) in [6.07, 6.45) is 6.57. The van der Waals surface area contributed by atoms with Gasteiger partial charge in [-0.1, -0.05) is 5.21 Å². The van der Waals surface area contributed by atoms with Crippen LogP contribution in [0.3, 0.4) is 0 Å². The quantitative estimate of drug-likeness (QED) is 0.453. The van der Waals surface area contributed by atoms with Gasteiger partial charge in [0.15, 0.2) is 0 Å². The molecule has 0 aliphatic carbocycles. The van der Waals surface area contributed by atoms with E-state index in [-0.39, 0.29) is 18.2 Å². The van der Waals surface area contributed by atoms with Gasteiger partial charge in [-0.05, 0) is 51.0 Å². The fourth-order valence-electron chi connectivity index (χ4n) is 4.50. The number of ether oxygens (including phenoxy) is 1. The summed E-state index contributed by atoms with van der Waals surface area (Å²) >= 11 is 0. The number of nitrogens with one attached hydrogen (secondary N) is 1. The van der Waals surface area contributed by atoms with E-state index >= 15 is 0 Å². The zero-order chi connectivity index (χ0) is 25.2. The molecule has 0 aromatic carbocycles. The minimum absolute atomic E-state index is 0.164. The van der Waals surface area contributed by atoms with Crippen LogP contribution < -0.4 is 5.32 Å². The second-order valence-corrected chi connectivity index (χ2v) is 9.10. The molecule has 1 fully saturated rings. The Bertz CT molecular complexity index is 1440. The van der Waals surface area contributed by atoms with Gasteiger partial charge >= 0.3 is 6.09 Å². The molecule has 5 rings (SSSR count). The Hall–Kier alpha value is -4.46. The number of hydrogen-bond acceptors (Lipinski definition) is 8. The van der Waals surface area contributed by atoms with Gasteiger partial charge in [0, 0.05) is 36.6 Å².